The van der Waals surface area contributed by atoms with Crippen molar-refractivity contribution in [3.8, 4) is 6.07 Å². The second-order valence-electron chi connectivity index (χ2n) is 8.11. The summed E-state index contributed by atoms with van der Waals surface area (Å²) in [5.74, 6) is 0.190. The van der Waals surface area contributed by atoms with Crippen LogP contribution in [0.15, 0.2) is 6.20 Å². The summed E-state index contributed by atoms with van der Waals surface area (Å²) in [7, 11) is 0.0281. The van der Waals surface area contributed by atoms with Gasteiger partial charge in [0.05, 0.1) is 28.6 Å². The summed E-state index contributed by atoms with van der Waals surface area (Å²) in [6.07, 6.45) is 7.95. The lowest BCUT2D eigenvalue weighted by molar-refractivity contribution is 0.110. The second-order valence-corrected chi connectivity index (χ2v) is 10.7. The molecule has 158 valence electrons. The number of nitrogens with zero attached hydrogens (tertiary/aromatic N) is 5. The van der Waals surface area contributed by atoms with E-state index in [0.29, 0.717) is 16.1 Å². The van der Waals surface area contributed by atoms with Gasteiger partial charge in [0.2, 0.25) is 5.95 Å². The van der Waals surface area contributed by atoms with Crippen LogP contribution in [0.25, 0.3) is 5.52 Å². The number of aromatic nitrogens is 3. The third-order valence-corrected chi connectivity index (χ3v) is 8.06. The van der Waals surface area contributed by atoms with Gasteiger partial charge >= 0.3 is 0 Å². The number of nitriles is 1. The summed E-state index contributed by atoms with van der Waals surface area (Å²) in [4.78, 5) is 3.96. The van der Waals surface area contributed by atoms with Crippen molar-refractivity contribution in [3.05, 3.63) is 22.5 Å². The predicted molar refractivity (Wildman–Crippen MR) is 119 cm³/mol. The number of hydrogen-bond acceptors (Lipinski definition) is 6. The Balaban J connectivity index is 0.000000204. The highest BCUT2D eigenvalue weighted by Gasteiger charge is 2.42. The maximum absolute atomic E-state index is 9.42. The Morgan fingerprint density at radius 3 is 2.62 bits per heavy atom. The average molecular weight is 437 g/mol. The van der Waals surface area contributed by atoms with Crippen LogP contribution in [-0.2, 0) is 5.41 Å². The minimum absolute atomic E-state index is 0.00190. The van der Waals surface area contributed by atoms with Gasteiger partial charge in [-0.15, -0.1) is 5.10 Å². The Morgan fingerprint density at radius 1 is 1.41 bits per heavy atom. The van der Waals surface area contributed by atoms with Crippen LogP contribution in [0, 0.1) is 11.3 Å². The quantitative estimate of drug-likeness (QED) is 0.710. The highest BCUT2D eigenvalue weighted by Crippen LogP contribution is 2.49. The number of halogens is 1. The topological polar surface area (TPSA) is 103 Å². The number of hydrogen-bond donors (Lipinski definition) is 2. The zero-order valence-corrected chi connectivity index (χ0v) is 19.0. The molecule has 7 nitrogen and oxygen atoms in total. The van der Waals surface area contributed by atoms with Gasteiger partial charge in [-0.05, 0) is 53.5 Å². The van der Waals surface area contributed by atoms with E-state index in [1.54, 1.807) is 10.7 Å². The molecule has 1 atom stereocenters. The number of piperidine rings is 1. The summed E-state index contributed by atoms with van der Waals surface area (Å²) in [6.45, 7) is 8.72. The van der Waals surface area contributed by atoms with E-state index in [0.717, 1.165) is 37.9 Å². The fourth-order valence-electron chi connectivity index (χ4n) is 4.27. The summed E-state index contributed by atoms with van der Waals surface area (Å²) in [5.41, 5.74) is 7.74. The monoisotopic (exact) mass is 436 g/mol. The minimum atomic E-state index is -0.0568. The molecular weight excluding hydrogens is 407 g/mol. The Bertz CT molecular complexity index is 899. The summed E-state index contributed by atoms with van der Waals surface area (Å²) in [5, 5.41) is 23.4. The first kappa shape index (κ1) is 22.2. The molecule has 0 aromatic carbocycles. The molecule has 0 amide bonds. The molecule has 0 spiro atoms. The van der Waals surface area contributed by atoms with Gasteiger partial charge in [0.1, 0.15) is 11.6 Å². The number of aliphatic hydroxyl groups excluding tert-OH is 1. The van der Waals surface area contributed by atoms with E-state index in [9.17, 15) is 10.4 Å². The van der Waals surface area contributed by atoms with Crippen LogP contribution in [0.3, 0.4) is 0 Å². The zero-order chi connectivity index (χ0) is 21.2. The van der Waals surface area contributed by atoms with Crippen molar-refractivity contribution in [2.75, 3.05) is 32.2 Å². The molecule has 3 heterocycles. The molecule has 1 unspecified atom stereocenters. The highest BCUT2D eigenvalue weighted by molar-refractivity contribution is 7.53. The number of aliphatic hydroxyl groups is 1. The van der Waals surface area contributed by atoms with Crippen LogP contribution in [0.5, 0.6) is 0 Å². The van der Waals surface area contributed by atoms with Crippen molar-refractivity contribution in [2.24, 2.45) is 0 Å². The lowest BCUT2D eigenvalue weighted by atomic mass is 9.64. The van der Waals surface area contributed by atoms with Gasteiger partial charge in [-0.1, -0.05) is 24.9 Å². The van der Waals surface area contributed by atoms with Crippen molar-refractivity contribution in [1.29, 1.82) is 5.26 Å². The summed E-state index contributed by atoms with van der Waals surface area (Å²) >= 11 is 6.29. The van der Waals surface area contributed by atoms with Crippen LogP contribution >= 0.6 is 19.7 Å². The van der Waals surface area contributed by atoms with E-state index in [1.807, 2.05) is 0 Å². The maximum Gasteiger partial charge on any atom is 0.238 e. The molecule has 2 aromatic heterocycles. The lowest BCUT2D eigenvalue weighted by Gasteiger charge is -2.41. The number of nitrogen functional groups attached to an aromatic ring is 1. The van der Waals surface area contributed by atoms with Gasteiger partial charge in [0, 0.05) is 18.5 Å². The minimum Gasteiger partial charge on any atom is -0.392 e. The Hall–Kier alpha value is -1.45. The molecule has 1 saturated carbocycles. The predicted octanol–water partition coefficient (Wildman–Crippen LogP) is 3.77. The number of rotatable bonds is 3. The lowest BCUT2D eigenvalue weighted by Crippen LogP contribution is -2.35. The summed E-state index contributed by atoms with van der Waals surface area (Å²) in [6, 6.07) is 2.22. The van der Waals surface area contributed by atoms with Gasteiger partial charge in [0.15, 0.2) is 0 Å². The number of fused-ring (bicyclic) bond motifs is 1. The first-order chi connectivity index (χ1) is 13.8. The van der Waals surface area contributed by atoms with E-state index in [4.69, 9.17) is 17.3 Å². The Kier molecular flexibility index (Phi) is 7.01. The molecule has 9 heteroatoms. The molecule has 2 aromatic rings. The Labute approximate surface area is 178 Å². The molecule has 4 rings (SSSR count). The van der Waals surface area contributed by atoms with Crippen LogP contribution in [0.2, 0.25) is 5.02 Å². The van der Waals surface area contributed by atoms with Crippen LogP contribution in [0.1, 0.15) is 56.7 Å². The van der Waals surface area contributed by atoms with Crippen molar-refractivity contribution >= 4 is 31.1 Å². The Morgan fingerprint density at radius 2 is 2.14 bits per heavy atom. The van der Waals surface area contributed by atoms with E-state index < -0.39 is 0 Å². The molecule has 1 saturated heterocycles. The first-order valence-corrected chi connectivity index (χ1v) is 12.7. The molecule has 1 aliphatic heterocycles. The van der Waals surface area contributed by atoms with E-state index in [-0.39, 0.29) is 25.5 Å². The third-order valence-electron chi connectivity index (χ3n) is 6.19. The SMILES string of the molecule is CCC1(c2c(C#N)c(Cl)c3cnc(N)nn23)CCC1.CP(C)N1CCCC(O)C1. The van der Waals surface area contributed by atoms with Gasteiger partial charge in [0.25, 0.3) is 0 Å². The van der Waals surface area contributed by atoms with Gasteiger partial charge in [-0.2, -0.15) is 5.26 Å². The van der Waals surface area contributed by atoms with E-state index in [1.165, 1.54) is 19.4 Å². The number of β-amino-alcohol motifs (C(OH)–C–C–N with tert-alkyl or cyclic N) is 1. The van der Waals surface area contributed by atoms with E-state index >= 15 is 0 Å². The fraction of sp³-hybridized carbons (Fsp3) is 0.650. The smallest absolute Gasteiger partial charge is 0.238 e. The standard InChI is InChI=1S/C13H14ClN5.C7H16NOP/c1-2-13(4-3-5-13)11-8(6-15)10(14)9-7-17-12(16)18-19(9)11;1-10(2)8-5-3-4-7(9)6-8/h7H,2-5H2,1H3,(H2,16,18);7,9H,3-6H2,1-2H3. The fourth-order valence-corrected chi connectivity index (χ4v) is 5.59. The van der Waals surface area contributed by atoms with Crippen molar-refractivity contribution in [3.63, 3.8) is 0 Å². The first-order valence-electron chi connectivity index (χ1n) is 10.2. The molecule has 3 N–H and O–H groups in total. The van der Waals surface area contributed by atoms with Crippen molar-refractivity contribution in [2.45, 2.75) is 57.0 Å². The number of nitrogens with two attached hydrogens (primary N) is 1. The molecular formula is C20H30ClN6OP. The van der Waals surface area contributed by atoms with Gasteiger partial charge in [-0.25, -0.2) is 9.50 Å². The molecule has 0 radical (unpaired) electrons. The van der Waals surface area contributed by atoms with Crippen LogP contribution in [0.4, 0.5) is 5.95 Å². The maximum atomic E-state index is 9.42. The molecule has 1 aliphatic carbocycles. The number of anilines is 1. The van der Waals surface area contributed by atoms with Crippen LogP contribution in [-0.4, -0.2) is 56.9 Å². The van der Waals surface area contributed by atoms with Crippen LogP contribution < -0.4 is 5.73 Å². The summed E-state index contributed by atoms with van der Waals surface area (Å²) < 4.78 is 4.11. The average Bonchev–Trinajstić information content (AvgIpc) is 2.93. The zero-order valence-electron chi connectivity index (χ0n) is 17.4. The molecule has 2 fully saturated rings. The largest absolute Gasteiger partial charge is 0.392 e. The van der Waals surface area contributed by atoms with Crippen molar-refractivity contribution in [1.82, 2.24) is 19.3 Å². The molecule has 29 heavy (non-hydrogen) atoms. The molecule has 0 bridgehead atoms. The molecule has 2 aliphatic rings. The second kappa shape index (κ2) is 9.14. The normalized spacial score (nSPS) is 21.3. The van der Waals surface area contributed by atoms with E-state index in [2.05, 4.69) is 41.1 Å². The third kappa shape index (κ3) is 4.36. The van der Waals surface area contributed by atoms with Gasteiger partial charge in [-0.3, -0.25) is 4.67 Å². The highest BCUT2D eigenvalue weighted by atomic mass is 35.5. The van der Waals surface area contributed by atoms with Gasteiger partial charge < -0.3 is 10.8 Å². The van der Waals surface area contributed by atoms with Crippen molar-refractivity contribution < 1.29 is 5.11 Å².